The molecule has 2 rings (SSSR count). The highest BCUT2D eigenvalue weighted by atomic mass is 19.1. The summed E-state index contributed by atoms with van der Waals surface area (Å²) in [5, 5.41) is 2.55. The largest absolute Gasteiger partial charge is 0.399 e. The highest BCUT2D eigenvalue weighted by molar-refractivity contribution is 5.91. The molecule has 0 aliphatic rings. The van der Waals surface area contributed by atoms with Crippen molar-refractivity contribution in [3.63, 3.8) is 0 Å². The van der Waals surface area contributed by atoms with Gasteiger partial charge in [-0.15, -0.1) is 0 Å². The van der Waals surface area contributed by atoms with Gasteiger partial charge in [0, 0.05) is 11.4 Å². The quantitative estimate of drug-likeness (QED) is 0.824. The zero-order valence-corrected chi connectivity index (χ0v) is 10.8. The minimum atomic E-state index is -0.398. The lowest BCUT2D eigenvalue weighted by Gasteiger charge is -2.06. The van der Waals surface area contributed by atoms with Gasteiger partial charge < -0.3 is 15.8 Å². The van der Waals surface area contributed by atoms with Crippen molar-refractivity contribution in [2.45, 2.75) is 6.61 Å². The second-order valence-electron chi connectivity index (χ2n) is 4.29. The Kier molecular flexibility index (Phi) is 4.68. The second kappa shape index (κ2) is 6.68. The summed E-state index contributed by atoms with van der Waals surface area (Å²) >= 11 is 0. The number of hydrogen-bond donors (Lipinski definition) is 2. The fourth-order valence-corrected chi connectivity index (χ4v) is 1.64. The van der Waals surface area contributed by atoms with Crippen LogP contribution in [0.3, 0.4) is 0 Å². The van der Waals surface area contributed by atoms with Crippen molar-refractivity contribution in [2.75, 3.05) is 17.7 Å². The Morgan fingerprint density at radius 1 is 1.20 bits per heavy atom. The molecule has 0 unspecified atom stereocenters. The monoisotopic (exact) mass is 274 g/mol. The lowest BCUT2D eigenvalue weighted by Crippen LogP contribution is -2.18. The minimum absolute atomic E-state index is 0.0963. The number of nitrogens with one attached hydrogen (secondary N) is 1. The number of nitrogens with two attached hydrogens (primary N) is 1. The molecule has 0 aliphatic heterocycles. The van der Waals surface area contributed by atoms with E-state index in [9.17, 15) is 9.18 Å². The molecule has 20 heavy (non-hydrogen) atoms. The first-order valence-electron chi connectivity index (χ1n) is 6.11. The molecule has 1 amide bonds. The molecular weight excluding hydrogens is 259 g/mol. The number of benzene rings is 2. The number of carbonyl (C=O) groups excluding carboxylic acids is 1. The zero-order valence-electron chi connectivity index (χ0n) is 10.8. The predicted octanol–water partition coefficient (Wildman–Crippen LogP) is 2.56. The molecule has 0 heterocycles. The van der Waals surface area contributed by atoms with E-state index in [2.05, 4.69) is 5.32 Å². The van der Waals surface area contributed by atoms with Gasteiger partial charge in [0.05, 0.1) is 6.61 Å². The Morgan fingerprint density at radius 2 is 1.95 bits per heavy atom. The molecule has 2 aromatic carbocycles. The van der Waals surface area contributed by atoms with E-state index >= 15 is 0 Å². The molecule has 0 aromatic heterocycles. The van der Waals surface area contributed by atoms with Crippen molar-refractivity contribution in [1.82, 2.24) is 0 Å². The van der Waals surface area contributed by atoms with Crippen LogP contribution in [0.5, 0.6) is 0 Å². The van der Waals surface area contributed by atoms with Crippen LogP contribution < -0.4 is 11.1 Å². The van der Waals surface area contributed by atoms with E-state index in [0.717, 1.165) is 5.56 Å². The molecule has 2 aromatic rings. The smallest absolute Gasteiger partial charge is 0.250 e. The topological polar surface area (TPSA) is 64.3 Å². The van der Waals surface area contributed by atoms with Crippen LogP contribution in [0.1, 0.15) is 5.56 Å². The summed E-state index contributed by atoms with van der Waals surface area (Å²) in [6.07, 6.45) is 0. The van der Waals surface area contributed by atoms with Crippen molar-refractivity contribution >= 4 is 17.3 Å². The average molecular weight is 274 g/mol. The Bertz CT molecular complexity index is 585. The fraction of sp³-hybridized carbons (Fsp3) is 0.133. The predicted molar refractivity (Wildman–Crippen MR) is 75.5 cm³/mol. The molecule has 5 heteroatoms. The first kappa shape index (κ1) is 14.0. The molecule has 0 atom stereocenters. The van der Waals surface area contributed by atoms with Gasteiger partial charge in [-0.3, -0.25) is 4.79 Å². The van der Waals surface area contributed by atoms with E-state index in [1.165, 1.54) is 18.2 Å². The van der Waals surface area contributed by atoms with Crippen LogP contribution in [0.4, 0.5) is 15.8 Å². The summed E-state index contributed by atoms with van der Waals surface area (Å²) in [6.45, 7) is 0.220. The maximum absolute atomic E-state index is 12.9. The first-order chi connectivity index (χ1) is 9.63. The Balaban J connectivity index is 1.76. The molecule has 0 spiro atoms. The van der Waals surface area contributed by atoms with Crippen molar-refractivity contribution < 1.29 is 13.9 Å². The Morgan fingerprint density at radius 3 is 2.65 bits per heavy atom. The Labute approximate surface area is 116 Å². The Hall–Kier alpha value is -2.40. The summed E-state index contributed by atoms with van der Waals surface area (Å²) in [6, 6.07) is 12.9. The molecule has 4 nitrogen and oxygen atoms in total. The third-order valence-corrected chi connectivity index (χ3v) is 2.59. The van der Waals surface area contributed by atoms with E-state index < -0.39 is 5.82 Å². The van der Waals surface area contributed by atoms with Gasteiger partial charge in [-0.05, 0) is 35.9 Å². The summed E-state index contributed by atoms with van der Waals surface area (Å²) in [5.74, 6) is -0.725. The highest BCUT2D eigenvalue weighted by Gasteiger charge is 2.03. The molecule has 0 saturated heterocycles. The number of halogens is 1. The fourth-order valence-electron chi connectivity index (χ4n) is 1.64. The molecule has 104 valence electrons. The van der Waals surface area contributed by atoms with Gasteiger partial charge in [0.15, 0.2) is 0 Å². The van der Waals surface area contributed by atoms with E-state index in [-0.39, 0.29) is 12.5 Å². The normalized spacial score (nSPS) is 10.2. The zero-order chi connectivity index (χ0) is 14.4. The number of rotatable bonds is 5. The molecule has 3 N–H and O–H groups in total. The van der Waals surface area contributed by atoms with Crippen LogP contribution in [-0.2, 0) is 16.1 Å². The van der Waals surface area contributed by atoms with Crippen LogP contribution in [0.2, 0.25) is 0 Å². The summed E-state index contributed by atoms with van der Waals surface area (Å²) < 4.78 is 18.2. The standard InChI is InChI=1S/C15H15FN2O2/c16-12-2-1-3-14(8-12)18-15(19)10-20-9-11-4-6-13(17)7-5-11/h1-8H,9-10,17H2,(H,18,19). The van der Waals surface area contributed by atoms with Crippen molar-refractivity contribution in [2.24, 2.45) is 0 Å². The van der Waals surface area contributed by atoms with Gasteiger partial charge in [-0.2, -0.15) is 0 Å². The van der Waals surface area contributed by atoms with Crippen molar-refractivity contribution in [1.29, 1.82) is 0 Å². The maximum atomic E-state index is 12.9. The van der Waals surface area contributed by atoms with Gasteiger partial charge in [-0.25, -0.2) is 4.39 Å². The van der Waals surface area contributed by atoms with Crippen LogP contribution in [-0.4, -0.2) is 12.5 Å². The molecule has 0 aliphatic carbocycles. The number of hydrogen-bond acceptors (Lipinski definition) is 3. The number of ether oxygens (including phenoxy) is 1. The number of nitrogen functional groups attached to an aromatic ring is 1. The van der Waals surface area contributed by atoms with E-state index in [0.29, 0.717) is 18.0 Å². The van der Waals surface area contributed by atoms with E-state index in [1.807, 2.05) is 12.1 Å². The maximum Gasteiger partial charge on any atom is 0.250 e. The molecule has 0 saturated carbocycles. The SMILES string of the molecule is Nc1ccc(COCC(=O)Nc2cccc(F)c2)cc1. The van der Waals surface area contributed by atoms with Crippen molar-refractivity contribution in [3.05, 3.63) is 59.9 Å². The highest BCUT2D eigenvalue weighted by Crippen LogP contribution is 2.09. The lowest BCUT2D eigenvalue weighted by atomic mass is 10.2. The number of anilines is 2. The number of carbonyl (C=O) groups is 1. The van der Waals surface area contributed by atoms with Gasteiger partial charge in [0.1, 0.15) is 12.4 Å². The van der Waals surface area contributed by atoms with Crippen molar-refractivity contribution in [3.8, 4) is 0 Å². The third kappa shape index (κ3) is 4.37. The summed E-state index contributed by atoms with van der Waals surface area (Å²) in [5.41, 5.74) is 7.58. The van der Waals surface area contributed by atoms with Gasteiger partial charge in [0.25, 0.3) is 0 Å². The third-order valence-electron chi connectivity index (χ3n) is 2.59. The van der Waals surface area contributed by atoms with E-state index in [4.69, 9.17) is 10.5 Å². The number of amides is 1. The van der Waals surface area contributed by atoms with Gasteiger partial charge in [-0.1, -0.05) is 18.2 Å². The lowest BCUT2D eigenvalue weighted by molar-refractivity contribution is -0.121. The first-order valence-corrected chi connectivity index (χ1v) is 6.11. The summed E-state index contributed by atoms with van der Waals surface area (Å²) in [4.78, 5) is 11.6. The minimum Gasteiger partial charge on any atom is -0.399 e. The van der Waals surface area contributed by atoms with Crippen LogP contribution in [0, 0.1) is 5.82 Å². The molecule has 0 bridgehead atoms. The van der Waals surface area contributed by atoms with Crippen LogP contribution in [0.15, 0.2) is 48.5 Å². The molecule has 0 fully saturated rings. The van der Waals surface area contributed by atoms with Gasteiger partial charge >= 0.3 is 0 Å². The average Bonchev–Trinajstić information content (AvgIpc) is 2.41. The van der Waals surface area contributed by atoms with Crippen LogP contribution in [0.25, 0.3) is 0 Å². The van der Waals surface area contributed by atoms with E-state index in [1.54, 1.807) is 18.2 Å². The van der Waals surface area contributed by atoms with Crippen LogP contribution >= 0.6 is 0 Å². The second-order valence-corrected chi connectivity index (χ2v) is 4.29. The molecule has 0 radical (unpaired) electrons. The van der Waals surface area contributed by atoms with Gasteiger partial charge in [0.2, 0.25) is 5.91 Å². The molecular formula is C15H15FN2O2. The summed E-state index contributed by atoms with van der Waals surface area (Å²) in [7, 11) is 0.